The topological polar surface area (TPSA) is 47.1 Å². The minimum Gasteiger partial charge on any atom is -0.399 e. The molecule has 0 atom stereocenters. The smallest absolute Gasteiger partial charge is 0.399 e. The molecule has 38 heavy (non-hydrogen) atoms. The molecular formula is C32H30BFN2O2. The first-order valence-corrected chi connectivity index (χ1v) is 12.9. The molecule has 5 aromatic rings. The number of hydrogen-bond donors (Lipinski definition) is 1. The van der Waals surface area contributed by atoms with E-state index in [1.807, 2.05) is 88.5 Å². The maximum Gasteiger partial charge on any atom is 0.497 e. The number of aromatic nitrogens is 2. The molecule has 0 aliphatic carbocycles. The van der Waals surface area contributed by atoms with Crippen molar-refractivity contribution >= 4 is 23.6 Å². The molecule has 6 heteroatoms. The van der Waals surface area contributed by atoms with Crippen LogP contribution >= 0.6 is 0 Å². The summed E-state index contributed by atoms with van der Waals surface area (Å²) in [4.78, 5) is 7.74. The number of hydrogen-bond acceptors (Lipinski definition) is 3. The van der Waals surface area contributed by atoms with E-state index in [2.05, 4.69) is 46.4 Å². The lowest BCUT2D eigenvalue weighted by Crippen LogP contribution is -2.41. The van der Waals surface area contributed by atoms with Crippen LogP contribution in [0, 0.1) is 5.82 Å². The zero-order valence-corrected chi connectivity index (χ0v) is 22.0. The van der Waals surface area contributed by atoms with Crippen LogP contribution in [-0.4, -0.2) is 28.3 Å². The molecule has 6 rings (SSSR count). The van der Waals surface area contributed by atoms with Gasteiger partial charge in [-0.05, 0) is 44.4 Å². The third-order valence-electron chi connectivity index (χ3n) is 8.19. The highest BCUT2D eigenvalue weighted by atomic mass is 19.1. The van der Waals surface area contributed by atoms with E-state index in [4.69, 9.17) is 9.31 Å². The summed E-state index contributed by atoms with van der Waals surface area (Å²) < 4.78 is 29.5. The summed E-state index contributed by atoms with van der Waals surface area (Å²) >= 11 is 0. The summed E-state index contributed by atoms with van der Waals surface area (Å²) in [6, 6.07) is 30.3. The summed E-state index contributed by atoms with van der Waals surface area (Å²) in [5, 5.41) is 0.667. The van der Waals surface area contributed by atoms with Gasteiger partial charge in [0.1, 0.15) is 11.5 Å². The Morgan fingerprint density at radius 3 is 1.63 bits per heavy atom. The SMILES string of the molecule is CC1(C)OB(c2c[nH]c3ncc(F)c(C(c4ccccc4)(c4ccccc4)c4ccccc4)c23)OC1(C)C. The number of H-pyrrole nitrogens is 1. The molecule has 3 aromatic carbocycles. The summed E-state index contributed by atoms with van der Waals surface area (Å²) in [6.07, 6.45) is 3.15. The fourth-order valence-electron chi connectivity index (χ4n) is 5.62. The monoisotopic (exact) mass is 504 g/mol. The molecule has 0 bridgehead atoms. The molecular weight excluding hydrogens is 474 g/mol. The summed E-state index contributed by atoms with van der Waals surface area (Å²) in [7, 11) is -0.684. The van der Waals surface area contributed by atoms with E-state index in [1.165, 1.54) is 6.20 Å². The van der Waals surface area contributed by atoms with Gasteiger partial charge in [0.2, 0.25) is 0 Å². The Morgan fingerprint density at radius 2 is 1.18 bits per heavy atom. The van der Waals surface area contributed by atoms with Crippen LogP contribution in [0.4, 0.5) is 4.39 Å². The molecule has 1 aliphatic heterocycles. The van der Waals surface area contributed by atoms with Crippen molar-refractivity contribution in [3.8, 4) is 0 Å². The van der Waals surface area contributed by atoms with Crippen molar-refractivity contribution in [3.05, 3.63) is 131 Å². The first kappa shape index (κ1) is 24.6. The Hall–Kier alpha value is -3.74. The molecule has 1 saturated heterocycles. The predicted molar refractivity (Wildman–Crippen MR) is 150 cm³/mol. The van der Waals surface area contributed by atoms with Crippen LogP contribution in [0.15, 0.2) is 103 Å². The van der Waals surface area contributed by atoms with Crippen molar-refractivity contribution in [1.29, 1.82) is 0 Å². The maximum atomic E-state index is 16.6. The van der Waals surface area contributed by atoms with Crippen LogP contribution in [0.2, 0.25) is 0 Å². The van der Waals surface area contributed by atoms with Crippen LogP contribution in [-0.2, 0) is 14.7 Å². The highest BCUT2D eigenvalue weighted by Crippen LogP contribution is 2.48. The van der Waals surface area contributed by atoms with Crippen LogP contribution in [0.1, 0.15) is 49.9 Å². The Morgan fingerprint density at radius 1 is 0.737 bits per heavy atom. The van der Waals surface area contributed by atoms with Gasteiger partial charge in [-0.25, -0.2) is 9.37 Å². The number of pyridine rings is 1. The van der Waals surface area contributed by atoms with Crippen molar-refractivity contribution in [2.75, 3.05) is 0 Å². The number of rotatable bonds is 5. The number of nitrogens with zero attached hydrogens (tertiary/aromatic N) is 1. The van der Waals surface area contributed by atoms with Gasteiger partial charge < -0.3 is 14.3 Å². The van der Waals surface area contributed by atoms with Gasteiger partial charge in [0.05, 0.1) is 22.8 Å². The van der Waals surface area contributed by atoms with E-state index >= 15 is 4.39 Å². The second kappa shape index (κ2) is 8.93. The van der Waals surface area contributed by atoms with Crippen molar-refractivity contribution in [1.82, 2.24) is 9.97 Å². The van der Waals surface area contributed by atoms with Gasteiger partial charge in [0.25, 0.3) is 0 Å². The lowest BCUT2D eigenvalue weighted by molar-refractivity contribution is 0.00578. The average Bonchev–Trinajstić information content (AvgIpc) is 3.44. The Balaban J connectivity index is 1.75. The first-order valence-electron chi connectivity index (χ1n) is 12.9. The Bertz CT molecular complexity index is 1470. The van der Waals surface area contributed by atoms with E-state index in [-0.39, 0.29) is 0 Å². The number of benzene rings is 3. The molecule has 3 heterocycles. The minimum atomic E-state index is -0.977. The van der Waals surface area contributed by atoms with E-state index in [0.717, 1.165) is 22.2 Å². The minimum absolute atomic E-state index is 0.397. The predicted octanol–water partition coefficient (Wildman–Crippen LogP) is 6.38. The second-order valence-corrected chi connectivity index (χ2v) is 10.9. The van der Waals surface area contributed by atoms with Gasteiger partial charge in [-0.3, -0.25) is 0 Å². The third-order valence-corrected chi connectivity index (χ3v) is 8.19. The third kappa shape index (κ3) is 3.63. The standard InChI is InChI=1S/C32H30BFN2O2/c1-30(2)31(3,4)38-33(37-30)25-20-35-29-27(25)28(26(34)21-36-29)32(22-14-8-5-9-15-22,23-16-10-6-11-17-23)24-18-12-7-13-19-24/h5-21H,1-4H3,(H,35,36). The fraction of sp³-hybridized carbons (Fsp3) is 0.219. The number of nitrogens with one attached hydrogen (secondary N) is 1. The van der Waals surface area contributed by atoms with Gasteiger partial charge in [-0.1, -0.05) is 91.0 Å². The number of fused-ring (bicyclic) bond motifs is 1. The fourth-order valence-corrected chi connectivity index (χ4v) is 5.62. The molecule has 0 unspecified atom stereocenters. The molecule has 190 valence electrons. The van der Waals surface area contributed by atoms with E-state index in [1.54, 1.807) is 0 Å². The molecule has 4 nitrogen and oxygen atoms in total. The number of aromatic amines is 1. The Labute approximate surface area is 223 Å². The second-order valence-electron chi connectivity index (χ2n) is 10.9. The lowest BCUT2D eigenvalue weighted by Gasteiger charge is -2.37. The van der Waals surface area contributed by atoms with E-state index in [9.17, 15) is 0 Å². The van der Waals surface area contributed by atoms with Crippen molar-refractivity contribution in [3.63, 3.8) is 0 Å². The molecule has 0 spiro atoms. The van der Waals surface area contributed by atoms with E-state index in [0.29, 0.717) is 16.6 Å². The summed E-state index contributed by atoms with van der Waals surface area (Å²) in [5.41, 5.74) is 2.60. The zero-order chi connectivity index (χ0) is 26.5. The first-order chi connectivity index (χ1) is 18.3. The molecule has 2 aromatic heterocycles. The van der Waals surface area contributed by atoms with Crippen LogP contribution < -0.4 is 5.46 Å². The van der Waals surface area contributed by atoms with Crippen molar-refractivity contribution in [2.45, 2.75) is 44.3 Å². The molecule has 0 radical (unpaired) electrons. The highest BCUT2D eigenvalue weighted by Gasteiger charge is 2.53. The van der Waals surface area contributed by atoms with Crippen molar-refractivity contribution < 1.29 is 13.7 Å². The molecule has 0 amide bonds. The number of halogens is 1. The van der Waals surface area contributed by atoms with Crippen LogP contribution in [0.25, 0.3) is 11.0 Å². The quantitative estimate of drug-likeness (QED) is 0.223. The molecule has 1 aliphatic rings. The summed E-state index contributed by atoms with van der Waals surface area (Å²) in [5.74, 6) is -0.397. The van der Waals surface area contributed by atoms with Crippen LogP contribution in [0.5, 0.6) is 0 Å². The van der Waals surface area contributed by atoms with Gasteiger partial charge in [-0.2, -0.15) is 0 Å². The maximum absolute atomic E-state index is 16.6. The van der Waals surface area contributed by atoms with Gasteiger partial charge >= 0.3 is 7.12 Å². The highest BCUT2D eigenvalue weighted by molar-refractivity contribution is 6.65. The average molecular weight is 504 g/mol. The zero-order valence-electron chi connectivity index (χ0n) is 22.0. The largest absolute Gasteiger partial charge is 0.497 e. The van der Waals surface area contributed by atoms with E-state index < -0.39 is 29.6 Å². The molecule has 1 fully saturated rings. The van der Waals surface area contributed by atoms with Gasteiger partial charge in [0, 0.05) is 22.6 Å². The normalized spacial score (nSPS) is 16.7. The summed E-state index contributed by atoms with van der Waals surface area (Å²) in [6.45, 7) is 8.07. The van der Waals surface area contributed by atoms with Gasteiger partial charge in [-0.15, -0.1) is 0 Å². The van der Waals surface area contributed by atoms with Gasteiger partial charge in [0.15, 0.2) is 0 Å². The molecule has 1 N–H and O–H groups in total. The van der Waals surface area contributed by atoms with Crippen molar-refractivity contribution in [2.24, 2.45) is 0 Å². The lowest BCUT2D eigenvalue weighted by atomic mass is 9.63. The Kier molecular flexibility index (Phi) is 5.78. The molecule has 0 saturated carbocycles. The van der Waals surface area contributed by atoms with Crippen LogP contribution in [0.3, 0.4) is 0 Å².